The van der Waals surface area contributed by atoms with E-state index in [0.717, 1.165) is 12.0 Å². The number of carbonyl (C=O) groups is 1. The lowest BCUT2D eigenvalue weighted by Gasteiger charge is -2.13. The van der Waals surface area contributed by atoms with Crippen LogP contribution >= 0.6 is 0 Å². The third kappa shape index (κ3) is 4.71. The minimum atomic E-state index is -3.25. The Bertz CT molecular complexity index is 589. The van der Waals surface area contributed by atoms with Crippen molar-refractivity contribution in [3.8, 4) is 0 Å². The zero-order valence-electron chi connectivity index (χ0n) is 12.7. The lowest BCUT2D eigenvalue weighted by atomic mass is 10.1. The van der Waals surface area contributed by atoms with E-state index in [1.165, 1.54) is 4.90 Å². The second-order valence-electron chi connectivity index (χ2n) is 5.30. The largest absolute Gasteiger partial charge is 0.439 e. The van der Waals surface area contributed by atoms with Crippen LogP contribution in [-0.4, -0.2) is 44.8 Å². The molecule has 1 aliphatic rings. The quantitative estimate of drug-likeness (QED) is 0.791. The Morgan fingerprint density at radius 1 is 1.32 bits per heavy atom. The normalized spacial score (nSPS) is 18.5. The van der Waals surface area contributed by atoms with Crippen LogP contribution in [0.15, 0.2) is 30.3 Å². The summed E-state index contributed by atoms with van der Waals surface area (Å²) in [6.07, 6.45) is 0.780. The van der Waals surface area contributed by atoms with Crippen LogP contribution in [0, 0.1) is 0 Å². The Labute approximate surface area is 131 Å². The van der Waals surface area contributed by atoms with Crippen molar-refractivity contribution in [2.75, 3.05) is 25.4 Å². The molecule has 1 aromatic carbocycles. The van der Waals surface area contributed by atoms with Gasteiger partial charge in [-0.15, -0.1) is 0 Å². The molecule has 6 nitrogen and oxygen atoms in total. The molecule has 0 spiro atoms. The molecule has 1 fully saturated rings. The van der Waals surface area contributed by atoms with Crippen LogP contribution in [0.2, 0.25) is 0 Å². The van der Waals surface area contributed by atoms with Crippen LogP contribution in [0.25, 0.3) is 0 Å². The number of carbonyl (C=O) groups excluding carboxylic acids is 1. The topological polar surface area (TPSA) is 75.7 Å². The zero-order valence-corrected chi connectivity index (χ0v) is 13.5. The van der Waals surface area contributed by atoms with Crippen LogP contribution in [0.3, 0.4) is 0 Å². The average Bonchev–Trinajstić information content (AvgIpc) is 2.87. The smallest absolute Gasteiger partial charge is 0.410 e. The first-order valence-corrected chi connectivity index (χ1v) is 9.15. The summed E-state index contributed by atoms with van der Waals surface area (Å²) < 4.78 is 31.2. The second kappa shape index (κ2) is 7.60. The van der Waals surface area contributed by atoms with Crippen molar-refractivity contribution < 1.29 is 17.9 Å². The summed E-state index contributed by atoms with van der Waals surface area (Å²) in [7, 11) is -3.25. The second-order valence-corrected chi connectivity index (χ2v) is 7.22. The van der Waals surface area contributed by atoms with Gasteiger partial charge in [0, 0.05) is 13.1 Å². The maximum Gasteiger partial charge on any atom is 0.410 e. The molecule has 7 heteroatoms. The van der Waals surface area contributed by atoms with Crippen molar-refractivity contribution in [2.24, 2.45) is 0 Å². The fourth-order valence-electron chi connectivity index (χ4n) is 2.27. The van der Waals surface area contributed by atoms with Crippen molar-refractivity contribution in [3.63, 3.8) is 0 Å². The number of nitrogens with one attached hydrogen (secondary N) is 1. The number of nitrogens with zero attached hydrogens (tertiary/aromatic N) is 1. The van der Waals surface area contributed by atoms with Gasteiger partial charge < -0.3 is 9.64 Å². The number of unbranched alkanes of at least 4 members (excludes halogenated alkanes) is 1. The summed E-state index contributed by atoms with van der Waals surface area (Å²) in [6, 6.07) is 9.52. The first kappa shape index (κ1) is 16.8. The van der Waals surface area contributed by atoms with Gasteiger partial charge in [0.2, 0.25) is 10.0 Å². The van der Waals surface area contributed by atoms with Crippen LogP contribution in [0.1, 0.15) is 31.4 Å². The van der Waals surface area contributed by atoms with Crippen LogP contribution in [0.5, 0.6) is 0 Å². The van der Waals surface area contributed by atoms with E-state index in [1.54, 1.807) is 0 Å². The Morgan fingerprint density at radius 3 is 2.73 bits per heavy atom. The molecule has 2 rings (SSSR count). The number of cyclic esters (lactones) is 1. The summed E-state index contributed by atoms with van der Waals surface area (Å²) in [5, 5.41) is 0. The lowest BCUT2D eigenvalue weighted by molar-refractivity contribution is 0.133. The monoisotopic (exact) mass is 326 g/mol. The molecule has 0 radical (unpaired) electrons. The van der Waals surface area contributed by atoms with E-state index in [2.05, 4.69) is 4.72 Å². The van der Waals surface area contributed by atoms with Gasteiger partial charge in [0.1, 0.15) is 6.10 Å². The zero-order chi connectivity index (χ0) is 16.0. The number of ether oxygens (including phenoxy) is 1. The maximum absolute atomic E-state index is 11.8. The third-order valence-corrected chi connectivity index (χ3v) is 5.00. The fourth-order valence-corrected chi connectivity index (χ4v) is 3.49. The predicted octanol–water partition coefficient (Wildman–Crippen LogP) is 1.90. The van der Waals surface area contributed by atoms with Gasteiger partial charge in [-0.3, -0.25) is 0 Å². The SMILES string of the molecule is CCCCS(=O)(=O)NCCN1CC(c2ccccc2)OC1=O. The van der Waals surface area contributed by atoms with E-state index in [-0.39, 0.29) is 18.4 Å². The highest BCUT2D eigenvalue weighted by Crippen LogP contribution is 2.25. The van der Waals surface area contributed by atoms with E-state index < -0.39 is 16.1 Å². The Hall–Kier alpha value is -1.60. The van der Waals surface area contributed by atoms with Gasteiger partial charge in [0.15, 0.2) is 0 Å². The summed E-state index contributed by atoms with van der Waals surface area (Å²) in [6.45, 7) is 2.91. The molecular formula is C15H22N2O4S. The number of sulfonamides is 1. The first-order valence-electron chi connectivity index (χ1n) is 7.49. The number of benzene rings is 1. The summed E-state index contributed by atoms with van der Waals surface area (Å²) in [5.41, 5.74) is 0.946. The van der Waals surface area contributed by atoms with Gasteiger partial charge in [0.05, 0.1) is 12.3 Å². The molecular weight excluding hydrogens is 304 g/mol. The summed E-state index contributed by atoms with van der Waals surface area (Å²) in [4.78, 5) is 13.3. The van der Waals surface area contributed by atoms with E-state index in [9.17, 15) is 13.2 Å². The molecule has 1 aliphatic heterocycles. The summed E-state index contributed by atoms with van der Waals surface area (Å²) >= 11 is 0. The van der Waals surface area contributed by atoms with Crippen molar-refractivity contribution >= 4 is 16.1 Å². The average molecular weight is 326 g/mol. The van der Waals surface area contributed by atoms with Gasteiger partial charge in [0.25, 0.3) is 0 Å². The molecule has 0 aromatic heterocycles. The van der Waals surface area contributed by atoms with Crippen molar-refractivity contribution in [3.05, 3.63) is 35.9 Å². The molecule has 1 unspecified atom stereocenters. The van der Waals surface area contributed by atoms with Gasteiger partial charge >= 0.3 is 6.09 Å². The minimum Gasteiger partial charge on any atom is -0.439 e. The molecule has 1 aromatic rings. The molecule has 122 valence electrons. The highest BCUT2D eigenvalue weighted by molar-refractivity contribution is 7.89. The van der Waals surface area contributed by atoms with Crippen LogP contribution in [0.4, 0.5) is 4.79 Å². The van der Waals surface area contributed by atoms with Crippen molar-refractivity contribution in [1.29, 1.82) is 0 Å². The van der Waals surface area contributed by atoms with Gasteiger partial charge in [-0.25, -0.2) is 17.9 Å². The van der Waals surface area contributed by atoms with Gasteiger partial charge in [-0.1, -0.05) is 43.7 Å². The number of hydrogen-bond donors (Lipinski definition) is 1. The standard InChI is InChI=1S/C15H22N2O4S/c1-2-3-11-22(19,20)16-9-10-17-12-14(21-15(17)18)13-7-5-4-6-8-13/h4-8,14,16H,2-3,9-12H2,1H3. The molecule has 1 heterocycles. The number of rotatable bonds is 8. The third-order valence-electron chi connectivity index (χ3n) is 3.53. The first-order chi connectivity index (χ1) is 10.5. The van der Waals surface area contributed by atoms with Gasteiger partial charge in [-0.2, -0.15) is 0 Å². The number of hydrogen-bond acceptors (Lipinski definition) is 4. The molecule has 1 atom stereocenters. The van der Waals surface area contributed by atoms with E-state index in [1.807, 2.05) is 37.3 Å². The van der Waals surface area contributed by atoms with Crippen LogP contribution in [-0.2, 0) is 14.8 Å². The Kier molecular flexibility index (Phi) is 5.79. The van der Waals surface area contributed by atoms with Gasteiger partial charge in [-0.05, 0) is 12.0 Å². The molecule has 0 saturated carbocycles. The minimum absolute atomic E-state index is 0.126. The van der Waals surface area contributed by atoms with Crippen molar-refractivity contribution in [2.45, 2.75) is 25.9 Å². The van der Waals surface area contributed by atoms with E-state index in [4.69, 9.17) is 4.74 Å². The molecule has 1 amide bonds. The van der Waals surface area contributed by atoms with E-state index >= 15 is 0 Å². The van der Waals surface area contributed by atoms with E-state index in [0.29, 0.717) is 19.5 Å². The Balaban J connectivity index is 1.81. The predicted molar refractivity (Wildman–Crippen MR) is 83.9 cm³/mol. The fraction of sp³-hybridized carbons (Fsp3) is 0.533. The molecule has 22 heavy (non-hydrogen) atoms. The Morgan fingerprint density at radius 2 is 2.05 bits per heavy atom. The highest BCUT2D eigenvalue weighted by Gasteiger charge is 2.31. The number of amides is 1. The van der Waals surface area contributed by atoms with Crippen LogP contribution < -0.4 is 4.72 Å². The molecule has 0 aliphatic carbocycles. The molecule has 0 bridgehead atoms. The lowest BCUT2D eigenvalue weighted by Crippen LogP contribution is -2.36. The molecule has 1 N–H and O–H groups in total. The summed E-state index contributed by atoms with van der Waals surface area (Å²) in [5.74, 6) is 0.126. The van der Waals surface area contributed by atoms with Crippen molar-refractivity contribution in [1.82, 2.24) is 9.62 Å². The highest BCUT2D eigenvalue weighted by atomic mass is 32.2. The molecule has 1 saturated heterocycles. The maximum atomic E-state index is 11.8.